The molecule has 0 unspecified atom stereocenters. The second kappa shape index (κ2) is 5.98. The average Bonchev–Trinajstić information content (AvgIpc) is 2.82. The Labute approximate surface area is 108 Å². The summed E-state index contributed by atoms with van der Waals surface area (Å²) in [4.78, 5) is 35.3. The van der Waals surface area contributed by atoms with E-state index in [9.17, 15) is 9.59 Å². The molecule has 0 fully saturated rings. The summed E-state index contributed by atoms with van der Waals surface area (Å²) in [6, 6.07) is 0. The van der Waals surface area contributed by atoms with Crippen LogP contribution in [0.4, 0.5) is 5.95 Å². The van der Waals surface area contributed by atoms with Gasteiger partial charge >= 0.3 is 5.97 Å². The van der Waals surface area contributed by atoms with Gasteiger partial charge in [0.25, 0.3) is 5.56 Å². The molecule has 0 amide bonds. The minimum Gasteiger partial charge on any atom is -0.481 e. The van der Waals surface area contributed by atoms with E-state index in [4.69, 9.17) is 5.11 Å². The molecule has 8 nitrogen and oxygen atoms in total. The van der Waals surface area contributed by atoms with Gasteiger partial charge in [0.1, 0.15) is 0 Å². The molecule has 2 aromatic heterocycles. The Kier molecular flexibility index (Phi) is 4.11. The molecule has 0 saturated carbocycles. The number of nitrogens with zero attached hydrogens (tertiary/aromatic N) is 2. The maximum Gasteiger partial charge on any atom is 0.303 e. The van der Waals surface area contributed by atoms with Crippen molar-refractivity contribution in [3.63, 3.8) is 0 Å². The van der Waals surface area contributed by atoms with Crippen molar-refractivity contribution < 1.29 is 9.90 Å². The van der Waals surface area contributed by atoms with E-state index in [-0.39, 0.29) is 12.0 Å². The summed E-state index contributed by atoms with van der Waals surface area (Å²) in [6.45, 7) is 0.624. The van der Waals surface area contributed by atoms with Crippen LogP contribution < -0.4 is 10.9 Å². The number of unbranched alkanes of at least 4 members (excludes halogenated alkanes) is 2. The number of carboxylic acid groups (broad SMARTS) is 1. The van der Waals surface area contributed by atoms with Gasteiger partial charge in [0.2, 0.25) is 5.95 Å². The third kappa shape index (κ3) is 3.54. The molecule has 102 valence electrons. The summed E-state index contributed by atoms with van der Waals surface area (Å²) in [5.74, 6) is -0.397. The number of carboxylic acids is 1. The third-order valence-corrected chi connectivity index (χ3v) is 2.66. The van der Waals surface area contributed by atoms with Crippen LogP contribution >= 0.6 is 0 Å². The van der Waals surface area contributed by atoms with Crippen LogP contribution in [0, 0.1) is 0 Å². The lowest BCUT2D eigenvalue weighted by molar-refractivity contribution is -0.137. The molecule has 0 aliphatic rings. The van der Waals surface area contributed by atoms with E-state index in [2.05, 4.69) is 25.3 Å². The molecule has 0 atom stereocenters. The molecule has 19 heavy (non-hydrogen) atoms. The fourth-order valence-corrected chi connectivity index (χ4v) is 1.71. The average molecular weight is 265 g/mol. The van der Waals surface area contributed by atoms with Gasteiger partial charge in [-0.1, -0.05) is 6.42 Å². The van der Waals surface area contributed by atoms with Crippen LogP contribution in [0.15, 0.2) is 11.1 Å². The van der Waals surface area contributed by atoms with Gasteiger partial charge in [0.15, 0.2) is 11.2 Å². The van der Waals surface area contributed by atoms with Crippen molar-refractivity contribution in [2.75, 3.05) is 11.9 Å². The van der Waals surface area contributed by atoms with Crippen LogP contribution in [0.5, 0.6) is 0 Å². The monoisotopic (exact) mass is 265 g/mol. The molecule has 8 heteroatoms. The van der Waals surface area contributed by atoms with Gasteiger partial charge in [-0.05, 0) is 12.8 Å². The van der Waals surface area contributed by atoms with Crippen molar-refractivity contribution in [1.29, 1.82) is 0 Å². The Balaban J connectivity index is 1.81. The van der Waals surface area contributed by atoms with E-state index in [1.165, 1.54) is 6.33 Å². The number of hydrogen-bond acceptors (Lipinski definition) is 5. The quantitative estimate of drug-likeness (QED) is 0.546. The molecule has 2 rings (SSSR count). The summed E-state index contributed by atoms with van der Waals surface area (Å²) in [5.41, 5.74) is 0.458. The summed E-state index contributed by atoms with van der Waals surface area (Å²) < 4.78 is 0. The van der Waals surface area contributed by atoms with Gasteiger partial charge in [-0.2, -0.15) is 4.98 Å². The second-order valence-corrected chi connectivity index (χ2v) is 4.15. The lowest BCUT2D eigenvalue weighted by atomic mass is 10.2. The predicted molar refractivity (Wildman–Crippen MR) is 69.1 cm³/mol. The molecular weight excluding hydrogens is 250 g/mol. The van der Waals surface area contributed by atoms with Crippen LogP contribution in [-0.4, -0.2) is 37.6 Å². The Morgan fingerprint density at radius 1 is 1.37 bits per heavy atom. The number of hydrogen-bond donors (Lipinski definition) is 4. The van der Waals surface area contributed by atoms with E-state index in [0.29, 0.717) is 30.1 Å². The normalized spacial score (nSPS) is 10.7. The number of H-pyrrole nitrogens is 2. The van der Waals surface area contributed by atoms with Gasteiger partial charge in [-0.3, -0.25) is 14.6 Å². The van der Waals surface area contributed by atoms with Gasteiger partial charge in [-0.15, -0.1) is 0 Å². The first-order valence-electron chi connectivity index (χ1n) is 6.06. The van der Waals surface area contributed by atoms with Crippen molar-refractivity contribution in [1.82, 2.24) is 19.9 Å². The van der Waals surface area contributed by atoms with Crippen LogP contribution in [0.2, 0.25) is 0 Å². The number of aromatic nitrogens is 4. The number of nitrogens with one attached hydrogen (secondary N) is 3. The molecule has 0 aliphatic carbocycles. The van der Waals surface area contributed by atoms with Crippen molar-refractivity contribution in [2.45, 2.75) is 25.7 Å². The van der Waals surface area contributed by atoms with E-state index in [1.807, 2.05) is 0 Å². The first-order valence-corrected chi connectivity index (χ1v) is 6.06. The first-order chi connectivity index (χ1) is 9.16. The first kappa shape index (κ1) is 13.1. The van der Waals surface area contributed by atoms with Crippen LogP contribution in [-0.2, 0) is 4.79 Å². The summed E-state index contributed by atoms with van der Waals surface area (Å²) in [6.07, 6.45) is 3.89. The molecule has 0 saturated heterocycles. The zero-order chi connectivity index (χ0) is 13.7. The van der Waals surface area contributed by atoms with Crippen molar-refractivity contribution in [2.24, 2.45) is 0 Å². The molecule has 4 N–H and O–H groups in total. The largest absolute Gasteiger partial charge is 0.481 e. The zero-order valence-electron chi connectivity index (χ0n) is 10.3. The molecule has 2 aromatic rings. The van der Waals surface area contributed by atoms with E-state index < -0.39 is 5.97 Å². The minimum atomic E-state index is -0.775. The second-order valence-electron chi connectivity index (χ2n) is 4.15. The number of aromatic amines is 2. The highest BCUT2D eigenvalue weighted by molar-refractivity contribution is 5.69. The number of imidazole rings is 1. The Morgan fingerprint density at radius 3 is 3.00 bits per heavy atom. The maximum absolute atomic E-state index is 11.6. The van der Waals surface area contributed by atoms with Crippen molar-refractivity contribution in [3.05, 3.63) is 16.7 Å². The molecule has 0 aromatic carbocycles. The van der Waals surface area contributed by atoms with Crippen LogP contribution in [0.25, 0.3) is 11.2 Å². The zero-order valence-corrected chi connectivity index (χ0v) is 10.3. The maximum atomic E-state index is 11.6. The Hall–Kier alpha value is -2.38. The fourth-order valence-electron chi connectivity index (χ4n) is 1.71. The Bertz CT molecular complexity index is 618. The highest BCUT2D eigenvalue weighted by atomic mass is 16.4. The number of carbonyl (C=O) groups is 1. The van der Waals surface area contributed by atoms with Gasteiger partial charge in [0.05, 0.1) is 6.33 Å². The molecule has 0 radical (unpaired) electrons. The summed E-state index contributed by atoms with van der Waals surface area (Å²) in [7, 11) is 0. The fraction of sp³-hybridized carbons (Fsp3) is 0.455. The van der Waals surface area contributed by atoms with E-state index in [1.54, 1.807) is 0 Å². The van der Waals surface area contributed by atoms with Gasteiger partial charge in [0, 0.05) is 13.0 Å². The SMILES string of the molecule is O=C(O)CCCCCNc1nc2nc[nH]c2c(=O)[nH]1. The summed E-state index contributed by atoms with van der Waals surface area (Å²) >= 11 is 0. The molecular formula is C11H15N5O3. The number of aliphatic carboxylic acids is 1. The molecule has 0 aliphatic heterocycles. The standard InChI is InChI=1S/C11H15N5O3/c17-7(18)4-2-1-3-5-12-11-15-9-8(10(19)16-11)13-6-14-9/h6H,1-5H2,(H,17,18)(H3,12,13,14,15,16,19). The number of rotatable bonds is 7. The topological polar surface area (TPSA) is 124 Å². The lowest BCUT2D eigenvalue weighted by Gasteiger charge is -2.04. The highest BCUT2D eigenvalue weighted by Gasteiger charge is 2.04. The highest BCUT2D eigenvalue weighted by Crippen LogP contribution is 2.04. The van der Waals surface area contributed by atoms with Gasteiger partial charge < -0.3 is 15.4 Å². The molecule has 2 heterocycles. The predicted octanol–water partition coefficient (Wildman–Crippen LogP) is 0.703. The lowest BCUT2D eigenvalue weighted by Crippen LogP contribution is -2.14. The molecule has 0 spiro atoms. The third-order valence-electron chi connectivity index (χ3n) is 2.66. The molecule has 0 bridgehead atoms. The van der Waals surface area contributed by atoms with Crippen LogP contribution in [0.3, 0.4) is 0 Å². The summed E-state index contributed by atoms with van der Waals surface area (Å²) in [5, 5.41) is 11.5. The van der Waals surface area contributed by atoms with E-state index >= 15 is 0 Å². The Morgan fingerprint density at radius 2 is 2.21 bits per heavy atom. The number of fused-ring (bicyclic) bond motifs is 1. The van der Waals surface area contributed by atoms with Crippen molar-refractivity contribution in [3.8, 4) is 0 Å². The van der Waals surface area contributed by atoms with Crippen molar-refractivity contribution >= 4 is 23.1 Å². The number of anilines is 1. The van der Waals surface area contributed by atoms with Crippen LogP contribution in [0.1, 0.15) is 25.7 Å². The van der Waals surface area contributed by atoms with E-state index in [0.717, 1.165) is 12.8 Å². The smallest absolute Gasteiger partial charge is 0.303 e. The van der Waals surface area contributed by atoms with Gasteiger partial charge in [-0.25, -0.2) is 4.98 Å². The minimum absolute atomic E-state index is 0.189.